The van der Waals surface area contributed by atoms with Crippen LogP contribution in [0.5, 0.6) is 0 Å². The molecule has 2 N–H and O–H groups in total. The predicted octanol–water partition coefficient (Wildman–Crippen LogP) is 2.63. The third-order valence-electron chi connectivity index (χ3n) is 3.91. The van der Waals surface area contributed by atoms with Crippen molar-refractivity contribution in [3.63, 3.8) is 0 Å². The third-order valence-corrected chi connectivity index (χ3v) is 3.91. The Labute approximate surface area is 120 Å². The highest BCUT2D eigenvalue weighted by molar-refractivity contribution is 5.79. The van der Waals surface area contributed by atoms with Gasteiger partial charge in [-0.1, -0.05) is 42.5 Å². The molecule has 0 spiro atoms. The molecule has 1 aliphatic rings. The quantitative estimate of drug-likeness (QED) is 0.783. The van der Waals surface area contributed by atoms with Gasteiger partial charge in [0.25, 0.3) is 0 Å². The minimum Gasteiger partial charge on any atom is -0.396 e. The van der Waals surface area contributed by atoms with Gasteiger partial charge in [0.2, 0.25) is 5.91 Å². The lowest BCUT2D eigenvalue weighted by Gasteiger charge is -2.21. The first-order valence-corrected chi connectivity index (χ1v) is 7.39. The van der Waals surface area contributed by atoms with Crippen molar-refractivity contribution in [3.05, 3.63) is 48.0 Å². The molecule has 20 heavy (non-hydrogen) atoms. The number of hydrogen-bond acceptors (Lipinski definition) is 2. The summed E-state index contributed by atoms with van der Waals surface area (Å²) in [5.74, 6) is 0.447. The number of carbonyl (C=O) groups is 1. The number of nitrogens with one attached hydrogen (secondary N) is 1. The fourth-order valence-electron chi connectivity index (χ4n) is 2.67. The molecule has 2 atom stereocenters. The van der Waals surface area contributed by atoms with Crippen molar-refractivity contribution in [2.45, 2.75) is 31.6 Å². The van der Waals surface area contributed by atoms with E-state index in [4.69, 9.17) is 0 Å². The Hall–Kier alpha value is -1.61. The number of aliphatic hydroxyl groups is 1. The van der Waals surface area contributed by atoms with E-state index in [0.29, 0.717) is 13.0 Å². The fourth-order valence-corrected chi connectivity index (χ4v) is 2.67. The van der Waals surface area contributed by atoms with Gasteiger partial charge in [-0.3, -0.25) is 4.79 Å². The highest BCUT2D eigenvalue weighted by atomic mass is 16.3. The minimum absolute atomic E-state index is 0.116. The first kappa shape index (κ1) is 14.8. The Morgan fingerprint density at radius 1 is 1.30 bits per heavy atom. The molecule has 0 bridgehead atoms. The number of allylic oxidation sites excluding steroid dienone is 2. The molecule has 3 heteroatoms. The van der Waals surface area contributed by atoms with E-state index in [-0.39, 0.29) is 24.3 Å². The Bertz CT molecular complexity index is 442. The zero-order valence-corrected chi connectivity index (χ0v) is 11.8. The van der Waals surface area contributed by atoms with Crippen LogP contribution >= 0.6 is 0 Å². The Morgan fingerprint density at radius 3 is 2.75 bits per heavy atom. The Balaban J connectivity index is 1.89. The molecule has 0 radical (unpaired) electrons. The van der Waals surface area contributed by atoms with E-state index in [9.17, 15) is 9.90 Å². The number of rotatable bonds is 6. The first-order valence-electron chi connectivity index (χ1n) is 7.39. The van der Waals surface area contributed by atoms with Crippen LogP contribution < -0.4 is 5.32 Å². The lowest BCUT2D eigenvalue weighted by atomic mass is 9.92. The normalized spacial score (nSPS) is 19.6. The van der Waals surface area contributed by atoms with Gasteiger partial charge in [-0.15, -0.1) is 0 Å². The molecule has 0 heterocycles. The number of hydrogen-bond donors (Lipinski definition) is 2. The van der Waals surface area contributed by atoms with Crippen LogP contribution in [0.3, 0.4) is 0 Å². The van der Waals surface area contributed by atoms with Gasteiger partial charge < -0.3 is 10.4 Å². The zero-order chi connectivity index (χ0) is 14.2. The summed E-state index contributed by atoms with van der Waals surface area (Å²) in [5.41, 5.74) is 1.17. The van der Waals surface area contributed by atoms with E-state index in [1.807, 2.05) is 18.2 Å². The monoisotopic (exact) mass is 273 g/mol. The van der Waals surface area contributed by atoms with Crippen molar-refractivity contribution in [1.82, 2.24) is 5.32 Å². The van der Waals surface area contributed by atoms with E-state index in [1.54, 1.807) is 0 Å². The van der Waals surface area contributed by atoms with Crippen LogP contribution in [0, 0.1) is 5.92 Å². The molecule has 1 aromatic carbocycles. The van der Waals surface area contributed by atoms with Gasteiger partial charge in [-0.2, -0.15) is 0 Å². The Morgan fingerprint density at radius 2 is 2.10 bits per heavy atom. The molecule has 0 aromatic heterocycles. The second-order valence-electron chi connectivity index (χ2n) is 5.35. The van der Waals surface area contributed by atoms with Gasteiger partial charge in [0, 0.05) is 25.0 Å². The van der Waals surface area contributed by atoms with Crippen molar-refractivity contribution < 1.29 is 9.90 Å². The predicted molar refractivity (Wildman–Crippen MR) is 80.4 cm³/mol. The largest absolute Gasteiger partial charge is 0.396 e. The summed E-state index contributed by atoms with van der Waals surface area (Å²) in [6.45, 7) is 0.741. The molecular weight excluding hydrogens is 250 g/mol. The van der Waals surface area contributed by atoms with Crippen molar-refractivity contribution in [2.24, 2.45) is 5.92 Å². The molecule has 0 fully saturated rings. The maximum atomic E-state index is 12.1. The average Bonchev–Trinajstić information content (AvgIpc) is 2.53. The van der Waals surface area contributed by atoms with Crippen LogP contribution in [0.1, 0.15) is 37.2 Å². The van der Waals surface area contributed by atoms with Crippen molar-refractivity contribution in [1.29, 1.82) is 0 Å². The van der Waals surface area contributed by atoms with Gasteiger partial charge in [0.15, 0.2) is 0 Å². The molecule has 1 aromatic rings. The lowest BCUT2D eigenvalue weighted by Crippen LogP contribution is -2.34. The van der Waals surface area contributed by atoms with E-state index in [1.165, 1.54) is 5.56 Å². The molecule has 2 unspecified atom stereocenters. The number of amides is 1. The third kappa shape index (κ3) is 4.20. The van der Waals surface area contributed by atoms with Crippen LogP contribution in [-0.4, -0.2) is 24.2 Å². The average molecular weight is 273 g/mol. The summed E-state index contributed by atoms with van der Waals surface area (Å²) < 4.78 is 0. The number of benzene rings is 1. The van der Waals surface area contributed by atoms with Crippen molar-refractivity contribution in [2.75, 3.05) is 13.2 Å². The standard InChI is InChI=1S/C17H23NO2/c19-12-11-16(14-7-3-1-4-8-14)13-18-17(20)15-9-5-2-6-10-15/h1-5,7-8,15-16,19H,6,9-13H2,(H,18,20). The molecule has 0 aliphatic heterocycles. The number of aliphatic hydroxyl groups excluding tert-OH is 1. The van der Waals surface area contributed by atoms with Gasteiger partial charge in [-0.25, -0.2) is 0 Å². The van der Waals surface area contributed by atoms with E-state index in [2.05, 4.69) is 29.6 Å². The summed E-state index contributed by atoms with van der Waals surface area (Å²) in [4.78, 5) is 12.1. The smallest absolute Gasteiger partial charge is 0.223 e. The second-order valence-corrected chi connectivity index (χ2v) is 5.35. The van der Waals surface area contributed by atoms with Crippen LogP contribution in [0.15, 0.2) is 42.5 Å². The summed E-state index contributed by atoms with van der Waals surface area (Å²) in [6.07, 6.45) is 7.70. The van der Waals surface area contributed by atoms with E-state index >= 15 is 0 Å². The van der Waals surface area contributed by atoms with Gasteiger partial charge in [0.05, 0.1) is 0 Å². The zero-order valence-electron chi connectivity index (χ0n) is 11.8. The Kier molecular flexibility index (Phi) is 5.81. The fraction of sp³-hybridized carbons (Fsp3) is 0.471. The molecule has 0 saturated carbocycles. The van der Waals surface area contributed by atoms with Crippen molar-refractivity contribution >= 4 is 5.91 Å². The molecule has 0 saturated heterocycles. The summed E-state index contributed by atoms with van der Waals surface area (Å²) >= 11 is 0. The topological polar surface area (TPSA) is 49.3 Å². The summed E-state index contributed by atoms with van der Waals surface area (Å²) in [6, 6.07) is 10.1. The van der Waals surface area contributed by atoms with E-state index < -0.39 is 0 Å². The molecule has 1 amide bonds. The molecule has 3 nitrogen and oxygen atoms in total. The molecular formula is C17H23NO2. The lowest BCUT2D eigenvalue weighted by molar-refractivity contribution is -0.125. The molecule has 108 valence electrons. The van der Waals surface area contributed by atoms with Crippen LogP contribution in [0.2, 0.25) is 0 Å². The van der Waals surface area contributed by atoms with Crippen LogP contribution in [0.4, 0.5) is 0 Å². The second kappa shape index (κ2) is 7.85. The maximum absolute atomic E-state index is 12.1. The van der Waals surface area contributed by atoms with Crippen molar-refractivity contribution in [3.8, 4) is 0 Å². The van der Waals surface area contributed by atoms with E-state index in [0.717, 1.165) is 19.3 Å². The molecule has 1 aliphatic carbocycles. The highest BCUT2D eigenvalue weighted by Crippen LogP contribution is 2.20. The van der Waals surface area contributed by atoms with Crippen LogP contribution in [0.25, 0.3) is 0 Å². The first-order chi connectivity index (χ1) is 9.81. The minimum atomic E-state index is 0.116. The van der Waals surface area contributed by atoms with Crippen LogP contribution in [-0.2, 0) is 4.79 Å². The van der Waals surface area contributed by atoms with Gasteiger partial charge >= 0.3 is 0 Å². The van der Waals surface area contributed by atoms with Gasteiger partial charge in [-0.05, 0) is 31.2 Å². The highest BCUT2D eigenvalue weighted by Gasteiger charge is 2.20. The molecule has 2 rings (SSSR count). The van der Waals surface area contributed by atoms with Gasteiger partial charge in [0.1, 0.15) is 0 Å². The maximum Gasteiger partial charge on any atom is 0.223 e. The summed E-state index contributed by atoms with van der Waals surface area (Å²) in [5, 5.41) is 12.2. The SMILES string of the molecule is O=C(NCC(CCO)c1ccccc1)C1CC=CCC1. The number of carbonyl (C=O) groups excluding carboxylic acids is 1. The summed E-state index contributed by atoms with van der Waals surface area (Å²) in [7, 11) is 0.